The molecule has 132 valence electrons. The van der Waals surface area contributed by atoms with E-state index in [1.807, 2.05) is 30.7 Å². The first-order chi connectivity index (χ1) is 10.2. The van der Waals surface area contributed by atoms with Crippen LogP contribution in [0.25, 0.3) is 0 Å². The predicted molar refractivity (Wildman–Crippen MR) is 89.5 cm³/mol. The highest BCUT2D eigenvalue weighted by atomic mass is 32.2. The van der Waals surface area contributed by atoms with E-state index in [9.17, 15) is 13.2 Å². The molecule has 0 saturated carbocycles. The van der Waals surface area contributed by atoms with Crippen molar-refractivity contribution < 1.29 is 17.8 Å². The van der Waals surface area contributed by atoms with Gasteiger partial charge in [-0.15, -0.1) is 0 Å². The summed E-state index contributed by atoms with van der Waals surface area (Å²) < 4.78 is 30.2. The van der Waals surface area contributed by atoms with Crippen molar-refractivity contribution in [1.82, 2.24) is 9.80 Å². The van der Waals surface area contributed by atoms with Crippen LogP contribution in [0, 0.1) is 5.92 Å². The second-order valence-corrected chi connectivity index (χ2v) is 7.32. The lowest BCUT2D eigenvalue weighted by molar-refractivity contribution is -0.136. The highest BCUT2D eigenvalue weighted by molar-refractivity contribution is 7.85. The molecule has 1 atom stereocenters. The summed E-state index contributed by atoms with van der Waals surface area (Å²) >= 11 is 0. The monoisotopic (exact) mass is 336 g/mol. The second kappa shape index (κ2) is 11.0. The zero-order chi connectivity index (χ0) is 17.2. The van der Waals surface area contributed by atoms with Crippen molar-refractivity contribution in [2.45, 2.75) is 46.5 Å². The fourth-order valence-corrected chi connectivity index (χ4v) is 3.02. The number of rotatable bonds is 12. The Morgan fingerprint density at radius 2 is 1.73 bits per heavy atom. The van der Waals surface area contributed by atoms with E-state index in [4.69, 9.17) is 4.55 Å². The molecule has 0 heterocycles. The van der Waals surface area contributed by atoms with Crippen LogP contribution < -0.4 is 0 Å². The summed E-state index contributed by atoms with van der Waals surface area (Å²) in [6.45, 7) is 8.67. The van der Waals surface area contributed by atoms with Crippen molar-refractivity contribution in [2.24, 2.45) is 5.92 Å². The summed E-state index contributed by atoms with van der Waals surface area (Å²) in [4.78, 5) is 16.4. The molecule has 1 N–H and O–H groups in total. The lowest BCUT2D eigenvalue weighted by Crippen LogP contribution is -2.41. The van der Waals surface area contributed by atoms with E-state index >= 15 is 0 Å². The number of amides is 1. The summed E-state index contributed by atoms with van der Waals surface area (Å²) in [7, 11) is -2.01. The van der Waals surface area contributed by atoms with Crippen LogP contribution in [0.15, 0.2) is 0 Å². The lowest BCUT2D eigenvalue weighted by Gasteiger charge is -2.28. The van der Waals surface area contributed by atoms with Crippen LogP contribution in [0.2, 0.25) is 0 Å². The molecular formula is C15H32N2O4S. The van der Waals surface area contributed by atoms with Gasteiger partial charge in [0, 0.05) is 19.6 Å². The average molecular weight is 336 g/mol. The van der Waals surface area contributed by atoms with Crippen LogP contribution in [0.5, 0.6) is 0 Å². The summed E-state index contributed by atoms with van der Waals surface area (Å²) in [6, 6.07) is 0. The van der Waals surface area contributed by atoms with E-state index in [1.165, 1.54) is 0 Å². The topological polar surface area (TPSA) is 77.9 Å². The lowest BCUT2D eigenvalue weighted by atomic mass is 9.99. The Morgan fingerprint density at radius 1 is 1.14 bits per heavy atom. The molecule has 0 saturated heterocycles. The van der Waals surface area contributed by atoms with Gasteiger partial charge < -0.3 is 9.80 Å². The molecule has 0 aliphatic heterocycles. The van der Waals surface area contributed by atoms with Gasteiger partial charge in [0.2, 0.25) is 5.91 Å². The number of hydrogen-bond acceptors (Lipinski definition) is 4. The molecule has 0 bridgehead atoms. The Hall–Kier alpha value is -0.660. The van der Waals surface area contributed by atoms with Gasteiger partial charge in [-0.05, 0) is 40.3 Å². The van der Waals surface area contributed by atoms with Gasteiger partial charge in [0.25, 0.3) is 10.1 Å². The van der Waals surface area contributed by atoms with Crippen molar-refractivity contribution in [2.75, 3.05) is 39.0 Å². The number of carbonyl (C=O) groups is 1. The molecule has 0 aromatic rings. The third-order valence-corrected chi connectivity index (χ3v) is 4.61. The van der Waals surface area contributed by atoms with Gasteiger partial charge in [0.1, 0.15) is 0 Å². The van der Waals surface area contributed by atoms with Crippen LogP contribution in [-0.2, 0) is 14.9 Å². The third-order valence-electron chi connectivity index (χ3n) is 3.80. The number of nitrogens with zero attached hydrogens (tertiary/aromatic N) is 2. The Labute approximate surface area is 135 Å². The molecule has 0 aliphatic carbocycles. The fourth-order valence-electron chi connectivity index (χ4n) is 2.52. The van der Waals surface area contributed by atoms with Gasteiger partial charge in [0.15, 0.2) is 0 Å². The fraction of sp³-hybridized carbons (Fsp3) is 0.933. The molecule has 7 heteroatoms. The first kappa shape index (κ1) is 21.3. The molecule has 1 amide bonds. The highest BCUT2D eigenvalue weighted by Gasteiger charge is 2.23. The van der Waals surface area contributed by atoms with E-state index in [1.54, 1.807) is 0 Å². The Morgan fingerprint density at radius 3 is 2.18 bits per heavy atom. The average Bonchev–Trinajstić information content (AvgIpc) is 2.43. The molecule has 0 radical (unpaired) electrons. The standard InChI is InChI=1S/C15H32N2O4S/c1-5-8-10-14(15(18)17(6-2)7-3)13-16(4)11-9-12-22(19,20)21/h14H,5-13H2,1-4H3,(H,19,20,21)/t14-/m0/s1. The Balaban J connectivity index is 4.53. The summed E-state index contributed by atoms with van der Waals surface area (Å²) in [5.74, 6) is -0.100. The molecule has 0 aromatic carbocycles. The zero-order valence-corrected chi connectivity index (χ0v) is 15.2. The van der Waals surface area contributed by atoms with Crippen LogP contribution in [0.1, 0.15) is 46.5 Å². The van der Waals surface area contributed by atoms with E-state index in [0.29, 0.717) is 32.6 Å². The second-order valence-electron chi connectivity index (χ2n) is 5.75. The number of unbranched alkanes of at least 4 members (excludes halogenated alkanes) is 1. The van der Waals surface area contributed by atoms with Crippen molar-refractivity contribution in [3.8, 4) is 0 Å². The quantitative estimate of drug-likeness (QED) is 0.551. The van der Waals surface area contributed by atoms with Crippen molar-refractivity contribution >= 4 is 16.0 Å². The van der Waals surface area contributed by atoms with Crippen LogP contribution in [-0.4, -0.2) is 67.7 Å². The smallest absolute Gasteiger partial charge is 0.264 e. The summed E-state index contributed by atoms with van der Waals surface area (Å²) in [5, 5.41) is 0. The molecule has 6 nitrogen and oxygen atoms in total. The van der Waals surface area contributed by atoms with E-state index < -0.39 is 10.1 Å². The molecule has 22 heavy (non-hydrogen) atoms. The molecule has 0 unspecified atom stereocenters. The number of hydrogen-bond donors (Lipinski definition) is 1. The summed E-state index contributed by atoms with van der Waals surface area (Å²) in [6.07, 6.45) is 3.29. The first-order valence-corrected chi connectivity index (χ1v) is 9.78. The normalized spacial score (nSPS) is 13.4. The number of carbonyl (C=O) groups excluding carboxylic acids is 1. The van der Waals surface area contributed by atoms with Crippen LogP contribution in [0.4, 0.5) is 0 Å². The molecule has 0 fully saturated rings. The van der Waals surface area contributed by atoms with Gasteiger partial charge in [-0.25, -0.2) is 0 Å². The van der Waals surface area contributed by atoms with Crippen LogP contribution in [0.3, 0.4) is 0 Å². The van der Waals surface area contributed by atoms with Gasteiger partial charge in [-0.2, -0.15) is 8.42 Å². The van der Waals surface area contributed by atoms with E-state index in [-0.39, 0.29) is 17.6 Å². The maximum atomic E-state index is 12.5. The van der Waals surface area contributed by atoms with Gasteiger partial charge in [-0.1, -0.05) is 19.8 Å². The SMILES string of the molecule is CCCC[C@@H](CN(C)CCCS(=O)(=O)O)C(=O)N(CC)CC. The Bertz CT molecular complexity index is 408. The highest BCUT2D eigenvalue weighted by Crippen LogP contribution is 2.14. The maximum Gasteiger partial charge on any atom is 0.264 e. The Kier molecular flexibility index (Phi) is 10.6. The first-order valence-electron chi connectivity index (χ1n) is 8.17. The van der Waals surface area contributed by atoms with Crippen molar-refractivity contribution in [1.29, 1.82) is 0 Å². The minimum atomic E-state index is -3.90. The molecule has 0 rings (SSSR count). The van der Waals surface area contributed by atoms with Gasteiger partial charge >= 0.3 is 0 Å². The minimum Gasteiger partial charge on any atom is -0.343 e. The predicted octanol–water partition coefficient (Wildman–Crippen LogP) is 1.87. The van der Waals surface area contributed by atoms with Crippen LogP contribution >= 0.6 is 0 Å². The molecular weight excluding hydrogens is 304 g/mol. The van der Waals surface area contributed by atoms with Gasteiger partial charge in [-0.3, -0.25) is 9.35 Å². The minimum absolute atomic E-state index is 0.0458. The maximum absolute atomic E-state index is 12.5. The van der Waals surface area contributed by atoms with Crippen molar-refractivity contribution in [3.63, 3.8) is 0 Å². The molecule has 0 aliphatic rings. The van der Waals surface area contributed by atoms with Crippen molar-refractivity contribution in [3.05, 3.63) is 0 Å². The van der Waals surface area contributed by atoms with E-state index in [2.05, 4.69) is 6.92 Å². The zero-order valence-electron chi connectivity index (χ0n) is 14.4. The van der Waals surface area contributed by atoms with E-state index in [0.717, 1.165) is 19.3 Å². The largest absolute Gasteiger partial charge is 0.343 e. The molecule has 0 spiro atoms. The molecule has 0 aromatic heterocycles. The third kappa shape index (κ3) is 9.38. The summed E-state index contributed by atoms with van der Waals surface area (Å²) in [5.41, 5.74) is 0. The van der Waals surface area contributed by atoms with Gasteiger partial charge in [0.05, 0.1) is 11.7 Å².